The third-order valence-corrected chi connectivity index (χ3v) is 6.40. The van der Waals surface area contributed by atoms with Crippen molar-refractivity contribution in [1.82, 2.24) is 19.5 Å². The van der Waals surface area contributed by atoms with Crippen LogP contribution < -0.4 is 9.47 Å². The number of amides is 1. The van der Waals surface area contributed by atoms with Crippen LogP contribution in [0.15, 0.2) is 24.3 Å². The van der Waals surface area contributed by atoms with E-state index in [2.05, 4.69) is 23.1 Å². The molecule has 2 aromatic heterocycles. The Bertz CT molecular complexity index is 1150. The van der Waals surface area contributed by atoms with Gasteiger partial charge in [-0.1, -0.05) is 6.07 Å². The fraction of sp³-hybridized carbons (Fsp3) is 0.458. The highest BCUT2D eigenvalue weighted by atomic mass is 16.6. The Hall–Kier alpha value is -3.09. The SMILES string of the molecule is Cc1cc2nc(C)c(CCC(=O)N3CCC[C@H]3c3ccc4c(c3)OCCO4)c(C)n2n1. The second kappa shape index (κ2) is 7.87. The summed E-state index contributed by atoms with van der Waals surface area (Å²) in [5.41, 5.74) is 6.08. The molecule has 1 aromatic carbocycles. The molecule has 0 saturated carbocycles. The van der Waals surface area contributed by atoms with Gasteiger partial charge in [-0.05, 0) is 63.3 Å². The Labute approximate surface area is 182 Å². The van der Waals surface area contributed by atoms with E-state index < -0.39 is 0 Å². The minimum absolute atomic E-state index is 0.0971. The molecule has 0 radical (unpaired) electrons. The van der Waals surface area contributed by atoms with Gasteiger partial charge < -0.3 is 14.4 Å². The van der Waals surface area contributed by atoms with Gasteiger partial charge in [0.2, 0.25) is 5.91 Å². The van der Waals surface area contributed by atoms with Gasteiger partial charge in [-0.3, -0.25) is 4.79 Å². The lowest BCUT2D eigenvalue weighted by atomic mass is 10.0. The highest BCUT2D eigenvalue weighted by Crippen LogP contribution is 2.38. The molecule has 1 atom stereocenters. The third-order valence-electron chi connectivity index (χ3n) is 6.40. The van der Waals surface area contributed by atoms with E-state index in [1.807, 2.05) is 41.5 Å². The standard InChI is InChI=1S/C24H28N4O3/c1-15-13-23-25-16(2)19(17(3)28(23)26-15)7-9-24(29)27-10-4-5-20(27)18-6-8-21-22(14-18)31-12-11-30-21/h6,8,13-14,20H,4-5,7,9-12H2,1-3H3/t20-/m0/s1. The van der Waals surface area contributed by atoms with Crippen molar-refractivity contribution in [2.45, 2.75) is 52.5 Å². The molecule has 162 valence electrons. The number of benzene rings is 1. The molecule has 1 saturated heterocycles. The zero-order valence-corrected chi connectivity index (χ0v) is 18.4. The maximum absolute atomic E-state index is 13.2. The van der Waals surface area contributed by atoms with E-state index in [0.29, 0.717) is 26.1 Å². The summed E-state index contributed by atoms with van der Waals surface area (Å²) in [5.74, 6) is 1.75. The number of hydrogen-bond donors (Lipinski definition) is 0. The summed E-state index contributed by atoms with van der Waals surface area (Å²) in [6.07, 6.45) is 3.13. The van der Waals surface area contributed by atoms with E-state index in [1.54, 1.807) is 0 Å². The summed E-state index contributed by atoms with van der Waals surface area (Å²) < 4.78 is 13.3. The number of fused-ring (bicyclic) bond motifs is 2. The van der Waals surface area contributed by atoms with Gasteiger partial charge in [0.25, 0.3) is 0 Å². The van der Waals surface area contributed by atoms with Gasteiger partial charge in [0.15, 0.2) is 17.1 Å². The van der Waals surface area contributed by atoms with E-state index in [9.17, 15) is 4.79 Å². The van der Waals surface area contributed by atoms with Crippen molar-refractivity contribution in [3.05, 3.63) is 52.5 Å². The predicted molar refractivity (Wildman–Crippen MR) is 117 cm³/mol. The molecule has 3 aromatic rings. The van der Waals surface area contributed by atoms with Crippen LogP contribution >= 0.6 is 0 Å². The van der Waals surface area contributed by atoms with Crippen LogP contribution in [0.1, 0.15) is 53.5 Å². The molecular weight excluding hydrogens is 392 g/mol. The lowest BCUT2D eigenvalue weighted by Gasteiger charge is -2.27. The van der Waals surface area contributed by atoms with Crippen LogP contribution in [0.4, 0.5) is 0 Å². The van der Waals surface area contributed by atoms with Crippen LogP contribution in [-0.2, 0) is 11.2 Å². The molecule has 7 heteroatoms. The van der Waals surface area contributed by atoms with Gasteiger partial charge >= 0.3 is 0 Å². The fourth-order valence-corrected chi connectivity index (χ4v) is 4.86. The molecule has 0 N–H and O–H groups in total. The number of ether oxygens (including phenoxy) is 2. The van der Waals surface area contributed by atoms with Crippen molar-refractivity contribution in [1.29, 1.82) is 0 Å². The number of carbonyl (C=O) groups is 1. The van der Waals surface area contributed by atoms with E-state index in [1.165, 1.54) is 0 Å². The monoisotopic (exact) mass is 420 g/mol. The molecular formula is C24H28N4O3. The molecule has 0 aliphatic carbocycles. The topological polar surface area (TPSA) is 69.0 Å². The number of rotatable bonds is 4. The van der Waals surface area contributed by atoms with Gasteiger partial charge in [0.05, 0.1) is 11.7 Å². The van der Waals surface area contributed by atoms with Crippen molar-refractivity contribution in [3.63, 3.8) is 0 Å². The van der Waals surface area contributed by atoms with Gasteiger partial charge in [-0.2, -0.15) is 5.10 Å². The minimum atomic E-state index is 0.0971. The minimum Gasteiger partial charge on any atom is -0.486 e. The third kappa shape index (κ3) is 3.62. The zero-order chi connectivity index (χ0) is 21.5. The molecule has 1 amide bonds. The Morgan fingerprint density at radius 1 is 1.13 bits per heavy atom. The van der Waals surface area contributed by atoms with Crippen molar-refractivity contribution < 1.29 is 14.3 Å². The van der Waals surface area contributed by atoms with E-state index in [4.69, 9.17) is 9.47 Å². The largest absolute Gasteiger partial charge is 0.486 e. The first-order valence-corrected chi connectivity index (χ1v) is 11.0. The predicted octanol–water partition coefficient (Wildman–Crippen LogP) is 3.72. The van der Waals surface area contributed by atoms with Crippen LogP contribution in [-0.4, -0.2) is 45.2 Å². The lowest BCUT2D eigenvalue weighted by molar-refractivity contribution is -0.132. The first kappa shape index (κ1) is 19.8. The average Bonchev–Trinajstić information content (AvgIpc) is 3.39. The number of aromatic nitrogens is 3. The Morgan fingerprint density at radius 2 is 1.94 bits per heavy atom. The number of likely N-dealkylation sites (tertiary alicyclic amines) is 1. The summed E-state index contributed by atoms with van der Waals surface area (Å²) >= 11 is 0. The molecule has 4 heterocycles. The summed E-state index contributed by atoms with van der Waals surface area (Å²) in [4.78, 5) is 19.9. The highest BCUT2D eigenvalue weighted by molar-refractivity contribution is 5.77. The van der Waals surface area contributed by atoms with E-state index in [0.717, 1.165) is 64.7 Å². The molecule has 0 bridgehead atoms. The molecule has 2 aliphatic rings. The first-order valence-electron chi connectivity index (χ1n) is 11.0. The number of carbonyl (C=O) groups excluding carboxylic acids is 1. The molecule has 1 fully saturated rings. The van der Waals surface area contributed by atoms with Crippen LogP contribution in [0.5, 0.6) is 11.5 Å². The van der Waals surface area contributed by atoms with Gasteiger partial charge in [0, 0.05) is 30.4 Å². The van der Waals surface area contributed by atoms with Gasteiger partial charge in [0.1, 0.15) is 13.2 Å². The summed E-state index contributed by atoms with van der Waals surface area (Å²) in [6.45, 7) is 7.99. The Morgan fingerprint density at radius 3 is 2.77 bits per heavy atom. The highest BCUT2D eigenvalue weighted by Gasteiger charge is 2.31. The van der Waals surface area contributed by atoms with E-state index >= 15 is 0 Å². The smallest absolute Gasteiger partial charge is 0.223 e. The summed E-state index contributed by atoms with van der Waals surface area (Å²) in [5, 5.41) is 4.54. The lowest BCUT2D eigenvalue weighted by Crippen LogP contribution is -2.31. The van der Waals surface area contributed by atoms with Crippen LogP contribution in [0, 0.1) is 20.8 Å². The summed E-state index contributed by atoms with van der Waals surface area (Å²) in [6, 6.07) is 8.15. The second-order valence-corrected chi connectivity index (χ2v) is 8.47. The van der Waals surface area contributed by atoms with Crippen LogP contribution in [0.25, 0.3) is 5.65 Å². The van der Waals surface area contributed by atoms with Crippen molar-refractivity contribution in [3.8, 4) is 11.5 Å². The summed E-state index contributed by atoms with van der Waals surface area (Å²) in [7, 11) is 0. The van der Waals surface area contributed by atoms with Gasteiger partial charge in [-0.25, -0.2) is 9.50 Å². The molecule has 7 nitrogen and oxygen atoms in total. The zero-order valence-electron chi connectivity index (χ0n) is 18.4. The quantitative estimate of drug-likeness (QED) is 0.643. The number of hydrogen-bond acceptors (Lipinski definition) is 5. The van der Waals surface area contributed by atoms with E-state index in [-0.39, 0.29) is 11.9 Å². The maximum Gasteiger partial charge on any atom is 0.223 e. The van der Waals surface area contributed by atoms with Crippen LogP contribution in [0.2, 0.25) is 0 Å². The molecule has 5 rings (SSSR count). The van der Waals surface area contributed by atoms with Crippen LogP contribution in [0.3, 0.4) is 0 Å². The maximum atomic E-state index is 13.2. The number of nitrogens with zero attached hydrogens (tertiary/aromatic N) is 4. The first-order chi connectivity index (χ1) is 15.0. The second-order valence-electron chi connectivity index (χ2n) is 8.47. The number of aryl methyl sites for hydroxylation is 3. The van der Waals surface area contributed by atoms with Crippen molar-refractivity contribution in [2.24, 2.45) is 0 Å². The van der Waals surface area contributed by atoms with Crippen molar-refractivity contribution in [2.75, 3.05) is 19.8 Å². The molecule has 0 unspecified atom stereocenters. The average molecular weight is 421 g/mol. The fourth-order valence-electron chi connectivity index (χ4n) is 4.86. The Kier molecular flexibility index (Phi) is 5.04. The van der Waals surface area contributed by atoms with Crippen molar-refractivity contribution >= 4 is 11.6 Å². The molecule has 0 spiro atoms. The Balaban J connectivity index is 1.33. The molecule has 31 heavy (non-hydrogen) atoms. The van der Waals surface area contributed by atoms with Gasteiger partial charge in [-0.15, -0.1) is 0 Å². The normalized spacial score (nSPS) is 18.0. The molecule has 2 aliphatic heterocycles.